The normalized spacial score (nSPS) is 11.2. The highest BCUT2D eigenvalue weighted by Crippen LogP contribution is 2.32. The van der Waals surface area contributed by atoms with Gasteiger partial charge in [0.05, 0.1) is 0 Å². The molecule has 0 atom stereocenters. The summed E-state index contributed by atoms with van der Waals surface area (Å²) in [4.78, 5) is 0. The summed E-state index contributed by atoms with van der Waals surface area (Å²) in [5.74, 6) is -0.244. The van der Waals surface area contributed by atoms with Crippen LogP contribution >= 0.6 is 0 Å². The number of halogens is 3. The van der Waals surface area contributed by atoms with Crippen molar-refractivity contribution < 1.29 is 17.9 Å². The van der Waals surface area contributed by atoms with Crippen LogP contribution in [-0.2, 0) is 0 Å². The Morgan fingerprint density at radius 2 is 1.65 bits per heavy atom. The minimum absolute atomic E-state index is 0.244. The third kappa shape index (κ3) is 3.00. The average Bonchev–Trinajstić information content (AvgIpc) is 2.29. The summed E-state index contributed by atoms with van der Waals surface area (Å²) in [5, 5.41) is 0. The minimum atomic E-state index is -4.70. The van der Waals surface area contributed by atoms with Gasteiger partial charge in [0.2, 0.25) is 0 Å². The van der Waals surface area contributed by atoms with E-state index in [1.54, 1.807) is 36.4 Å². The van der Waals surface area contributed by atoms with Crippen LogP contribution in [0.2, 0.25) is 0 Å². The molecule has 0 saturated carbocycles. The molecule has 2 rings (SSSR count). The first-order valence-electron chi connectivity index (χ1n) is 4.88. The second-order valence-corrected chi connectivity index (χ2v) is 3.32. The highest BCUT2D eigenvalue weighted by atomic mass is 19.4. The van der Waals surface area contributed by atoms with Crippen molar-refractivity contribution in [1.29, 1.82) is 0 Å². The first-order valence-corrected chi connectivity index (χ1v) is 4.88. The summed E-state index contributed by atoms with van der Waals surface area (Å²) in [6.45, 7) is 0. The van der Waals surface area contributed by atoms with Gasteiger partial charge in [0.25, 0.3) is 0 Å². The summed E-state index contributed by atoms with van der Waals surface area (Å²) in [6, 6.07) is 15.7. The topological polar surface area (TPSA) is 9.23 Å². The molecule has 0 aromatic heterocycles. The van der Waals surface area contributed by atoms with Crippen LogP contribution in [0.3, 0.4) is 0 Å². The Morgan fingerprint density at radius 3 is 2.29 bits per heavy atom. The number of hydrogen-bond donors (Lipinski definition) is 0. The van der Waals surface area contributed by atoms with Gasteiger partial charge in [0.15, 0.2) is 0 Å². The zero-order valence-electron chi connectivity index (χ0n) is 8.66. The molecule has 0 aliphatic rings. The molecule has 1 nitrogen and oxygen atoms in total. The molecule has 1 radical (unpaired) electrons. The fourth-order valence-corrected chi connectivity index (χ4v) is 1.46. The molecule has 2 aromatic rings. The van der Waals surface area contributed by atoms with Crippen molar-refractivity contribution >= 4 is 0 Å². The second-order valence-electron chi connectivity index (χ2n) is 3.32. The lowest BCUT2D eigenvalue weighted by atomic mass is 10.1. The number of ether oxygens (including phenoxy) is 1. The quantitative estimate of drug-likeness (QED) is 0.765. The summed E-state index contributed by atoms with van der Waals surface area (Å²) in [7, 11) is 0. The number of hydrogen-bond acceptors (Lipinski definition) is 1. The molecule has 4 heteroatoms. The smallest absolute Gasteiger partial charge is 0.405 e. The Kier molecular flexibility index (Phi) is 3.04. The Hall–Kier alpha value is -1.97. The molecule has 2 aromatic carbocycles. The predicted octanol–water partition coefficient (Wildman–Crippen LogP) is 4.05. The molecule has 0 amide bonds. The fourth-order valence-electron chi connectivity index (χ4n) is 1.46. The summed E-state index contributed by atoms with van der Waals surface area (Å²) < 4.78 is 40.6. The first-order chi connectivity index (χ1) is 8.06. The van der Waals surface area contributed by atoms with Crippen molar-refractivity contribution in [3.63, 3.8) is 0 Å². The van der Waals surface area contributed by atoms with Gasteiger partial charge in [-0.2, -0.15) is 0 Å². The third-order valence-electron chi connectivity index (χ3n) is 2.11. The van der Waals surface area contributed by atoms with E-state index in [0.717, 1.165) is 0 Å². The maximum atomic E-state index is 12.2. The lowest BCUT2D eigenvalue weighted by Gasteiger charge is -2.12. The largest absolute Gasteiger partial charge is 0.573 e. The lowest BCUT2D eigenvalue weighted by Crippen LogP contribution is -2.17. The van der Waals surface area contributed by atoms with Crippen LogP contribution in [0.1, 0.15) is 0 Å². The van der Waals surface area contributed by atoms with Gasteiger partial charge in [-0.1, -0.05) is 42.5 Å². The standard InChI is InChI=1S/C13H8F3O/c14-13(15,16)17-12-9-5-4-8-11(12)10-6-2-1-3-7-10/h1-7,9H. The van der Waals surface area contributed by atoms with E-state index in [0.29, 0.717) is 11.1 Å². The Labute approximate surface area is 96.5 Å². The molecule has 17 heavy (non-hydrogen) atoms. The van der Waals surface area contributed by atoms with Crippen LogP contribution in [0.25, 0.3) is 11.1 Å². The predicted molar refractivity (Wildman–Crippen MR) is 57.4 cm³/mol. The molecule has 0 bridgehead atoms. The van der Waals surface area contributed by atoms with E-state index >= 15 is 0 Å². The Balaban J connectivity index is 2.41. The van der Waals surface area contributed by atoms with Crippen molar-refractivity contribution in [3.8, 4) is 16.9 Å². The maximum Gasteiger partial charge on any atom is 0.573 e. The molecule has 0 aliphatic heterocycles. The zero-order valence-corrected chi connectivity index (χ0v) is 8.66. The minimum Gasteiger partial charge on any atom is -0.405 e. The van der Waals surface area contributed by atoms with E-state index in [1.165, 1.54) is 12.1 Å². The number of alkyl halides is 3. The SMILES string of the molecule is FC(F)(F)Oc1ccc[c]c1-c1ccccc1. The van der Waals surface area contributed by atoms with E-state index in [-0.39, 0.29) is 5.75 Å². The Morgan fingerprint density at radius 1 is 0.941 bits per heavy atom. The van der Waals surface area contributed by atoms with Gasteiger partial charge in [-0.25, -0.2) is 0 Å². The molecule has 0 fully saturated rings. The van der Waals surface area contributed by atoms with Crippen LogP contribution in [0.4, 0.5) is 13.2 Å². The van der Waals surface area contributed by atoms with Crippen LogP contribution in [0.5, 0.6) is 5.75 Å². The molecular formula is C13H8F3O. The van der Waals surface area contributed by atoms with Crippen LogP contribution < -0.4 is 4.74 Å². The van der Waals surface area contributed by atoms with Crippen molar-refractivity contribution in [1.82, 2.24) is 0 Å². The summed E-state index contributed by atoms with van der Waals surface area (Å²) >= 11 is 0. The first kappa shape index (κ1) is 11.5. The second kappa shape index (κ2) is 4.49. The van der Waals surface area contributed by atoms with Gasteiger partial charge in [-0.05, 0) is 17.7 Å². The van der Waals surface area contributed by atoms with Gasteiger partial charge in [0.1, 0.15) is 5.75 Å². The number of benzene rings is 2. The molecule has 0 heterocycles. The molecule has 87 valence electrons. The average molecular weight is 237 g/mol. The molecule has 0 saturated heterocycles. The maximum absolute atomic E-state index is 12.2. The molecule has 0 aliphatic carbocycles. The van der Waals surface area contributed by atoms with E-state index in [4.69, 9.17) is 0 Å². The summed E-state index contributed by atoms with van der Waals surface area (Å²) in [6.07, 6.45) is -4.70. The van der Waals surface area contributed by atoms with Crippen LogP contribution in [0.15, 0.2) is 48.5 Å². The highest BCUT2D eigenvalue weighted by Gasteiger charge is 2.32. The van der Waals surface area contributed by atoms with Crippen LogP contribution in [0, 0.1) is 6.07 Å². The van der Waals surface area contributed by atoms with E-state index < -0.39 is 6.36 Å². The van der Waals surface area contributed by atoms with E-state index in [1.807, 2.05) is 0 Å². The van der Waals surface area contributed by atoms with Gasteiger partial charge in [0, 0.05) is 5.56 Å². The van der Waals surface area contributed by atoms with Gasteiger partial charge < -0.3 is 4.74 Å². The van der Waals surface area contributed by atoms with Crippen molar-refractivity contribution in [2.75, 3.05) is 0 Å². The van der Waals surface area contributed by atoms with Gasteiger partial charge >= 0.3 is 6.36 Å². The van der Waals surface area contributed by atoms with Crippen molar-refractivity contribution in [3.05, 3.63) is 54.6 Å². The molecular weight excluding hydrogens is 229 g/mol. The molecule has 0 spiro atoms. The number of rotatable bonds is 2. The fraction of sp³-hybridized carbons (Fsp3) is 0.0769. The van der Waals surface area contributed by atoms with Crippen molar-refractivity contribution in [2.24, 2.45) is 0 Å². The zero-order chi connectivity index (χ0) is 12.3. The van der Waals surface area contributed by atoms with Gasteiger partial charge in [-0.15, -0.1) is 13.2 Å². The van der Waals surface area contributed by atoms with Crippen molar-refractivity contribution in [2.45, 2.75) is 6.36 Å². The summed E-state index contributed by atoms with van der Waals surface area (Å²) in [5.41, 5.74) is 0.928. The monoisotopic (exact) mass is 237 g/mol. The molecule has 0 unspecified atom stereocenters. The van der Waals surface area contributed by atoms with E-state index in [9.17, 15) is 13.2 Å². The van der Waals surface area contributed by atoms with E-state index in [2.05, 4.69) is 10.8 Å². The van der Waals surface area contributed by atoms with Crippen LogP contribution in [-0.4, -0.2) is 6.36 Å². The lowest BCUT2D eigenvalue weighted by molar-refractivity contribution is -0.274. The third-order valence-corrected chi connectivity index (χ3v) is 2.11. The molecule has 0 N–H and O–H groups in total. The highest BCUT2D eigenvalue weighted by molar-refractivity contribution is 5.69. The Bertz CT molecular complexity index is 492. The van der Waals surface area contributed by atoms with Gasteiger partial charge in [-0.3, -0.25) is 0 Å².